The Kier molecular flexibility index (Phi) is 33.0. The zero-order valence-electron chi connectivity index (χ0n) is 16.3. The van der Waals surface area contributed by atoms with Crippen molar-refractivity contribution in [3.05, 3.63) is 61.8 Å². The average molecular weight is 513 g/mol. The molecule has 140 valence electrons. The summed E-state index contributed by atoms with van der Waals surface area (Å²) in [7, 11) is 0. The van der Waals surface area contributed by atoms with Crippen molar-refractivity contribution in [3.63, 3.8) is 0 Å². The Labute approximate surface area is 174 Å². The number of allylic oxidation sites excluding steroid dienone is 4. The summed E-state index contributed by atoms with van der Waals surface area (Å²) in [6, 6.07) is 0. The predicted octanol–water partition coefficient (Wildman–Crippen LogP) is 2.63. The maximum atomic E-state index is 10.1. The van der Waals surface area contributed by atoms with Crippen LogP contribution in [0, 0.1) is 6.08 Å². The van der Waals surface area contributed by atoms with Crippen LogP contribution in [0.5, 0.6) is 0 Å². The fraction of sp³-hybridized carbons (Fsp3) is 0.524. The van der Waals surface area contributed by atoms with Crippen LogP contribution in [-0.2, 0) is 25.8 Å². The third-order valence-corrected chi connectivity index (χ3v) is 2.36. The van der Waals surface area contributed by atoms with Gasteiger partial charge < -0.3 is 15.3 Å². The van der Waals surface area contributed by atoms with Gasteiger partial charge in [-0.05, 0) is 19.3 Å². The summed E-state index contributed by atoms with van der Waals surface area (Å²) in [6.07, 6.45) is 13.6. The molecule has 1 rings (SSSR count). The van der Waals surface area contributed by atoms with Gasteiger partial charge in [-0.25, -0.2) is 11.6 Å². The van der Waals surface area contributed by atoms with Gasteiger partial charge in [-0.15, -0.1) is 44.5 Å². The molecule has 1 aliphatic carbocycles. The Bertz CT molecular complexity index is 320. The number of hydrogen-bond donors (Lipinski definition) is 0. The Hall–Kier alpha value is -0.550. The van der Waals surface area contributed by atoms with Gasteiger partial charge in [-0.3, -0.25) is 6.08 Å². The molecule has 3 atom stereocenters. The number of rotatable bonds is 6. The zero-order chi connectivity index (χ0) is 19.4. The summed E-state index contributed by atoms with van der Waals surface area (Å²) < 4.78 is 0. The van der Waals surface area contributed by atoms with Crippen LogP contribution < -0.4 is 15.3 Å². The molecule has 0 saturated heterocycles. The van der Waals surface area contributed by atoms with Crippen molar-refractivity contribution >= 4 is 0 Å². The molecule has 1 aliphatic rings. The monoisotopic (exact) mass is 514 g/mol. The molecular formula is C21H34HfO3. The van der Waals surface area contributed by atoms with E-state index in [1.54, 1.807) is 39.0 Å². The molecule has 3 unspecified atom stereocenters. The molecule has 3 nitrogen and oxygen atoms in total. The van der Waals surface area contributed by atoms with E-state index in [1.165, 1.54) is 5.57 Å². The maximum Gasteiger partial charge on any atom is 4.00 e. The summed E-state index contributed by atoms with van der Waals surface area (Å²) in [4.78, 5) is 0. The van der Waals surface area contributed by atoms with Gasteiger partial charge in [0.15, 0.2) is 0 Å². The van der Waals surface area contributed by atoms with E-state index in [0.717, 1.165) is 6.42 Å². The molecule has 0 aromatic carbocycles. The molecule has 0 aromatic rings. The minimum atomic E-state index is -0.470. The van der Waals surface area contributed by atoms with E-state index in [-0.39, 0.29) is 25.8 Å². The largest absolute Gasteiger partial charge is 4.00 e. The fourth-order valence-electron chi connectivity index (χ4n) is 1.22. The van der Waals surface area contributed by atoms with Gasteiger partial charge in [0.2, 0.25) is 0 Å². The quantitative estimate of drug-likeness (QED) is 0.312. The first-order chi connectivity index (χ1) is 11.2. The average Bonchev–Trinajstić information content (AvgIpc) is 2.91. The first kappa shape index (κ1) is 32.1. The van der Waals surface area contributed by atoms with Crippen LogP contribution in [0.1, 0.15) is 53.4 Å². The molecule has 0 N–H and O–H groups in total. The van der Waals surface area contributed by atoms with Crippen molar-refractivity contribution in [1.82, 2.24) is 0 Å². The van der Waals surface area contributed by atoms with Gasteiger partial charge in [0, 0.05) is 0 Å². The van der Waals surface area contributed by atoms with Crippen LogP contribution >= 0.6 is 0 Å². The normalized spacial score (nSPS) is 14.3. The predicted molar refractivity (Wildman–Crippen MR) is 99.0 cm³/mol. The molecular weight excluding hydrogens is 479 g/mol. The molecule has 0 aliphatic heterocycles. The van der Waals surface area contributed by atoms with Crippen LogP contribution in [-0.4, -0.2) is 18.3 Å². The Morgan fingerprint density at radius 2 is 1.24 bits per heavy atom. The second kappa shape index (κ2) is 25.7. The summed E-state index contributed by atoms with van der Waals surface area (Å²) in [5.41, 5.74) is 1.27. The Balaban J connectivity index is -0.000000116. The third kappa shape index (κ3) is 45.2. The summed E-state index contributed by atoms with van der Waals surface area (Å²) in [6.45, 7) is 17.1. The van der Waals surface area contributed by atoms with Crippen molar-refractivity contribution in [1.29, 1.82) is 0 Å². The molecule has 25 heavy (non-hydrogen) atoms. The van der Waals surface area contributed by atoms with E-state index in [4.69, 9.17) is 0 Å². The van der Waals surface area contributed by atoms with Gasteiger partial charge in [-0.1, -0.05) is 45.9 Å². The van der Waals surface area contributed by atoms with E-state index in [1.807, 2.05) is 0 Å². The Morgan fingerprint density at radius 1 is 0.920 bits per heavy atom. The smallest absolute Gasteiger partial charge is 0.852 e. The standard InChI is InChI=1S/C6H7.3C5H9O.Hf/c1-6-4-2-3-5-6;3*1-3-4-5(2)6;/h2,4H,3H2,1H3;3*3,5H,1,4H2,2H3;/q4*-1;+4. The van der Waals surface area contributed by atoms with Crippen molar-refractivity contribution in [2.24, 2.45) is 0 Å². The van der Waals surface area contributed by atoms with Crippen LogP contribution in [0.2, 0.25) is 0 Å². The third-order valence-electron chi connectivity index (χ3n) is 2.36. The maximum absolute atomic E-state index is 10.1. The van der Waals surface area contributed by atoms with E-state index in [2.05, 4.69) is 44.9 Å². The van der Waals surface area contributed by atoms with Crippen LogP contribution in [0.3, 0.4) is 0 Å². The van der Waals surface area contributed by atoms with Crippen molar-refractivity contribution < 1.29 is 41.2 Å². The van der Waals surface area contributed by atoms with E-state index < -0.39 is 18.3 Å². The topological polar surface area (TPSA) is 69.2 Å². The van der Waals surface area contributed by atoms with Crippen LogP contribution in [0.25, 0.3) is 0 Å². The molecule has 0 spiro atoms. The summed E-state index contributed by atoms with van der Waals surface area (Å²) in [5, 5.41) is 30.2. The SMILES string of the molecule is C=CCC(C)[O-].C=CCC(C)[O-].C=CCC(C)[O-].CC1=[C-]CC=C1.[Hf+4]. The minimum Gasteiger partial charge on any atom is -0.852 e. The molecule has 0 radical (unpaired) electrons. The van der Waals surface area contributed by atoms with E-state index in [9.17, 15) is 15.3 Å². The van der Waals surface area contributed by atoms with Crippen LogP contribution in [0.4, 0.5) is 0 Å². The molecule has 0 amide bonds. The van der Waals surface area contributed by atoms with Gasteiger partial charge in [0.1, 0.15) is 0 Å². The van der Waals surface area contributed by atoms with Crippen molar-refractivity contribution in [2.45, 2.75) is 71.7 Å². The van der Waals surface area contributed by atoms with Gasteiger partial charge in [0.25, 0.3) is 0 Å². The Morgan fingerprint density at radius 3 is 1.28 bits per heavy atom. The molecule has 4 heteroatoms. The second-order valence-corrected chi connectivity index (χ2v) is 5.47. The van der Waals surface area contributed by atoms with Gasteiger partial charge in [0.05, 0.1) is 0 Å². The van der Waals surface area contributed by atoms with Crippen molar-refractivity contribution in [3.8, 4) is 0 Å². The molecule has 0 bridgehead atoms. The molecule has 0 saturated carbocycles. The fourth-order valence-corrected chi connectivity index (χ4v) is 1.22. The molecule has 0 heterocycles. The van der Waals surface area contributed by atoms with Crippen molar-refractivity contribution in [2.75, 3.05) is 0 Å². The first-order valence-electron chi connectivity index (χ1n) is 8.25. The van der Waals surface area contributed by atoms with Gasteiger partial charge >= 0.3 is 25.8 Å². The molecule has 0 fully saturated rings. The van der Waals surface area contributed by atoms with E-state index >= 15 is 0 Å². The summed E-state index contributed by atoms with van der Waals surface area (Å²) in [5.74, 6) is 0. The van der Waals surface area contributed by atoms with Gasteiger partial charge in [-0.2, -0.15) is 6.08 Å². The van der Waals surface area contributed by atoms with Crippen LogP contribution in [0.15, 0.2) is 55.7 Å². The molecule has 0 aromatic heterocycles. The zero-order valence-corrected chi connectivity index (χ0v) is 19.9. The van der Waals surface area contributed by atoms with E-state index in [0.29, 0.717) is 19.3 Å². The summed E-state index contributed by atoms with van der Waals surface area (Å²) >= 11 is 0. The number of hydrogen-bond acceptors (Lipinski definition) is 3. The second-order valence-electron chi connectivity index (χ2n) is 5.47. The minimum absolute atomic E-state index is 0. The first-order valence-corrected chi connectivity index (χ1v) is 8.25.